The zero-order chi connectivity index (χ0) is 8.74. The molecule has 0 aliphatic carbocycles. The SMILES string of the molecule is CCCCC(O)(O)CCCC. The van der Waals surface area contributed by atoms with Crippen molar-refractivity contribution in [1.82, 2.24) is 0 Å². The van der Waals surface area contributed by atoms with E-state index in [-0.39, 0.29) is 0 Å². The number of aliphatic hydroxyl groups is 2. The minimum atomic E-state index is -1.40. The van der Waals surface area contributed by atoms with Crippen molar-refractivity contribution < 1.29 is 10.2 Å². The molecule has 0 spiro atoms. The van der Waals surface area contributed by atoms with Crippen LogP contribution in [-0.4, -0.2) is 16.0 Å². The van der Waals surface area contributed by atoms with Crippen LogP contribution in [0.1, 0.15) is 52.4 Å². The molecule has 0 atom stereocenters. The van der Waals surface area contributed by atoms with Crippen LogP contribution >= 0.6 is 0 Å². The molecule has 0 bridgehead atoms. The van der Waals surface area contributed by atoms with E-state index in [1.165, 1.54) is 0 Å². The van der Waals surface area contributed by atoms with Gasteiger partial charge in [-0.05, 0) is 12.8 Å². The largest absolute Gasteiger partial charge is 0.366 e. The highest BCUT2D eigenvalue weighted by atomic mass is 16.5. The average molecular weight is 160 g/mol. The third-order valence-electron chi connectivity index (χ3n) is 1.86. The quantitative estimate of drug-likeness (QED) is 0.584. The molecule has 2 nitrogen and oxygen atoms in total. The topological polar surface area (TPSA) is 40.5 Å². The second-order valence-electron chi connectivity index (χ2n) is 3.19. The van der Waals surface area contributed by atoms with E-state index in [0.29, 0.717) is 12.8 Å². The fourth-order valence-corrected chi connectivity index (χ4v) is 1.04. The Bertz CT molecular complexity index is 79.6. The van der Waals surface area contributed by atoms with Crippen LogP contribution in [0.2, 0.25) is 0 Å². The highest BCUT2D eigenvalue weighted by Crippen LogP contribution is 2.17. The molecule has 0 amide bonds. The summed E-state index contributed by atoms with van der Waals surface area (Å²) in [4.78, 5) is 0. The molecule has 0 aromatic heterocycles. The van der Waals surface area contributed by atoms with E-state index in [1.54, 1.807) is 0 Å². The molecule has 0 radical (unpaired) electrons. The minimum Gasteiger partial charge on any atom is -0.366 e. The molecule has 2 heteroatoms. The fourth-order valence-electron chi connectivity index (χ4n) is 1.04. The average Bonchev–Trinajstić information content (AvgIpc) is 1.97. The minimum absolute atomic E-state index is 0.517. The normalized spacial score (nSPS) is 12.0. The molecular formula is C9H20O2. The maximum absolute atomic E-state index is 9.33. The summed E-state index contributed by atoms with van der Waals surface area (Å²) in [7, 11) is 0. The van der Waals surface area contributed by atoms with Gasteiger partial charge < -0.3 is 10.2 Å². The molecular weight excluding hydrogens is 140 g/mol. The van der Waals surface area contributed by atoms with Crippen LogP contribution in [0.25, 0.3) is 0 Å². The van der Waals surface area contributed by atoms with Crippen molar-refractivity contribution in [1.29, 1.82) is 0 Å². The fraction of sp³-hybridized carbons (Fsp3) is 1.00. The molecule has 11 heavy (non-hydrogen) atoms. The van der Waals surface area contributed by atoms with Crippen molar-refractivity contribution in [2.45, 2.75) is 58.2 Å². The van der Waals surface area contributed by atoms with Crippen LogP contribution in [0.15, 0.2) is 0 Å². The molecule has 0 saturated heterocycles. The summed E-state index contributed by atoms with van der Waals surface area (Å²) >= 11 is 0. The lowest BCUT2D eigenvalue weighted by Crippen LogP contribution is -2.27. The van der Waals surface area contributed by atoms with E-state index in [2.05, 4.69) is 13.8 Å². The van der Waals surface area contributed by atoms with Crippen molar-refractivity contribution in [2.75, 3.05) is 0 Å². The zero-order valence-corrected chi connectivity index (χ0v) is 7.64. The Kier molecular flexibility index (Phi) is 5.51. The second-order valence-corrected chi connectivity index (χ2v) is 3.19. The van der Waals surface area contributed by atoms with Gasteiger partial charge in [-0.25, -0.2) is 0 Å². The summed E-state index contributed by atoms with van der Waals surface area (Å²) < 4.78 is 0. The van der Waals surface area contributed by atoms with Crippen LogP contribution in [0.5, 0.6) is 0 Å². The van der Waals surface area contributed by atoms with Gasteiger partial charge in [0.15, 0.2) is 5.79 Å². The molecule has 0 rings (SSSR count). The Balaban J connectivity index is 3.43. The van der Waals surface area contributed by atoms with Gasteiger partial charge in [-0.2, -0.15) is 0 Å². The highest BCUT2D eigenvalue weighted by Gasteiger charge is 2.20. The summed E-state index contributed by atoms with van der Waals surface area (Å²) in [6.45, 7) is 4.10. The summed E-state index contributed by atoms with van der Waals surface area (Å²) in [5, 5.41) is 18.7. The lowest BCUT2D eigenvalue weighted by Gasteiger charge is -2.20. The monoisotopic (exact) mass is 160 g/mol. The summed E-state index contributed by atoms with van der Waals surface area (Å²) in [6.07, 6.45) is 4.88. The molecule has 0 aromatic carbocycles. The van der Waals surface area contributed by atoms with Gasteiger partial charge in [0, 0.05) is 12.8 Å². The molecule has 0 saturated carbocycles. The standard InChI is InChI=1S/C9H20O2/c1-3-5-7-9(10,11)8-6-4-2/h10-11H,3-8H2,1-2H3. The molecule has 0 heterocycles. The van der Waals surface area contributed by atoms with E-state index in [9.17, 15) is 10.2 Å². The van der Waals surface area contributed by atoms with Gasteiger partial charge in [-0.1, -0.05) is 26.7 Å². The van der Waals surface area contributed by atoms with E-state index < -0.39 is 5.79 Å². The first-order chi connectivity index (χ1) is 5.12. The summed E-state index contributed by atoms with van der Waals surface area (Å²) in [6, 6.07) is 0. The van der Waals surface area contributed by atoms with E-state index in [0.717, 1.165) is 25.7 Å². The predicted molar refractivity (Wildman–Crippen MR) is 46.2 cm³/mol. The van der Waals surface area contributed by atoms with Gasteiger partial charge in [0.2, 0.25) is 0 Å². The zero-order valence-electron chi connectivity index (χ0n) is 7.64. The molecule has 0 aliphatic rings. The Morgan fingerprint density at radius 2 is 1.27 bits per heavy atom. The second kappa shape index (κ2) is 5.56. The van der Waals surface area contributed by atoms with Crippen molar-refractivity contribution in [3.05, 3.63) is 0 Å². The third-order valence-corrected chi connectivity index (χ3v) is 1.86. The van der Waals surface area contributed by atoms with Gasteiger partial charge in [0.25, 0.3) is 0 Å². The first-order valence-electron chi connectivity index (χ1n) is 4.57. The number of unbranched alkanes of at least 4 members (excludes halogenated alkanes) is 2. The van der Waals surface area contributed by atoms with Crippen molar-refractivity contribution in [3.8, 4) is 0 Å². The Hall–Kier alpha value is -0.0800. The van der Waals surface area contributed by atoms with Crippen LogP contribution in [0.4, 0.5) is 0 Å². The smallest absolute Gasteiger partial charge is 0.162 e. The molecule has 0 unspecified atom stereocenters. The van der Waals surface area contributed by atoms with E-state index >= 15 is 0 Å². The summed E-state index contributed by atoms with van der Waals surface area (Å²) in [5.41, 5.74) is 0. The van der Waals surface area contributed by atoms with Crippen LogP contribution in [0, 0.1) is 0 Å². The lowest BCUT2D eigenvalue weighted by atomic mass is 10.0. The first kappa shape index (κ1) is 10.9. The van der Waals surface area contributed by atoms with E-state index in [1.807, 2.05) is 0 Å². The predicted octanol–water partition coefficient (Wildman–Crippen LogP) is 2.05. The molecule has 0 aromatic rings. The summed E-state index contributed by atoms with van der Waals surface area (Å²) in [5.74, 6) is -1.40. The van der Waals surface area contributed by atoms with E-state index in [4.69, 9.17) is 0 Å². The van der Waals surface area contributed by atoms with Crippen LogP contribution < -0.4 is 0 Å². The molecule has 0 fully saturated rings. The Labute approximate surface area is 69.2 Å². The van der Waals surface area contributed by atoms with Gasteiger partial charge in [-0.15, -0.1) is 0 Å². The maximum Gasteiger partial charge on any atom is 0.162 e. The number of hydrogen-bond donors (Lipinski definition) is 2. The Morgan fingerprint density at radius 1 is 0.909 bits per heavy atom. The van der Waals surface area contributed by atoms with Gasteiger partial charge in [-0.3, -0.25) is 0 Å². The van der Waals surface area contributed by atoms with Crippen LogP contribution in [-0.2, 0) is 0 Å². The highest BCUT2D eigenvalue weighted by molar-refractivity contribution is 4.63. The first-order valence-corrected chi connectivity index (χ1v) is 4.57. The van der Waals surface area contributed by atoms with Crippen molar-refractivity contribution in [2.24, 2.45) is 0 Å². The Morgan fingerprint density at radius 3 is 1.55 bits per heavy atom. The lowest BCUT2D eigenvalue weighted by molar-refractivity contribution is -0.171. The van der Waals surface area contributed by atoms with Crippen molar-refractivity contribution in [3.63, 3.8) is 0 Å². The van der Waals surface area contributed by atoms with Gasteiger partial charge in [0.1, 0.15) is 0 Å². The third kappa shape index (κ3) is 6.32. The van der Waals surface area contributed by atoms with Gasteiger partial charge >= 0.3 is 0 Å². The van der Waals surface area contributed by atoms with Crippen LogP contribution in [0.3, 0.4) is 0 Å². The van der Waals surface area contributed by atoms with Gasteiger partial charge in [0.05, 0.1) is 0 Å². The van der Waals surface area contributed by atoms with Crippen molar-refractivity contribution >= 4 is 0 Å². The number of hydrogen-bond acceptors (Lipinski definition) is 2. The maximum atomic E-state index is 9.33. The number of rotatable bonds is 6. The molecule has 68 valence electrons. The molecule has 2 N–H and O–H groups in total. The molecule has 0 aliphatic heterocycles.